The summed E-state index contributed by atoms with van der Waals surface area (Å²) in [6.45, 7) is 5.41. The van der Waals surface area contributed by atoms with Gasteiger partial charge in [0.1, 0.15) is 17.4 Å². The Morgan fingerprint density at radius 1 is 1.41 bits per heavy atom. The van der Waals surface area contributed by atoms with E-state index in [0.29, 0.717) is 24.3 Å². The van der Waals surface area contributed by atoms with Crippen LogP contribution < -0.4 is 9.64 Å². The summed E-state index contributed by atoms with van der Waals surface area (Å²) in [5.74, 6) is -3.43. The number of amides is 2. The van der Waals surface area contributed by atoms with Crippen LogP contribution in [0, 0.1) is 11.8 Å². The number of aliphatic hydroxyl groups excluding tert-OH is 1. The number of aliphatic carboxylic acids is 1. The zero-order valence-electron chi connectivity index (χ0n) is 19.1. The van der Waals surface area contributed by atoms with Gasteiger partial charge in [0.05, 0.1) is 37.7 Å². The van der Waals surface area contributed by atoms with E-state index in [1.165, 1.54) is 9.80 Å². The van der Waals surface area contributed by atoms with Crippen molar-refractivity contribution < 1.29 is 34.1 Å². The third kappa shape index (κ3) is 3.54. The lowest BCUT2D eigenvalue weighted by Gasteiger charge is -2.39. The van der Waals surface area contributed by atoms with Crippen LogP contribution in [-0.4, -0.2) is 81.8 Å². The van der Waals surface area contributed by atoms with E-state index in [0.717, 1.165) is 0 Å². The van der Waals surface area contributed by atoms with E-state index < -0.39 is 53.4 Å². The van der Waals surface area contributed by atoms with Crippen LogP contribution in [0.5, 0.6) is 5.75 Å². The number of carbonyl (C=O) groups excluding carboxylic acids is 2. The highest BCUT2D eigenvalue weighted by Gasteiger charge is 2.77. The average Bonchev–Trinajstić information content (AvgIpc) is 3.42. The Hall–Kier alpha value is -2.43. The summed E-state index contributed by atoms with van der Waals surface area (Å²) in [5, 5.41) is 20.0. The Morgan fingerprint density at radius 2 is 2.09 bits per heavy atom. The highest BCUT2D eigenvalue weighted by atomic mass is 79.9. The molecule has 3 fully saturated rings. The van der Waals surface area contributed by atoms with Crippen LogP contribution in [0.4, 0.5) is 5.69 Å². The summed E-state index contributed by atoms with van der Waals surface area (Å²) in [4.78, 5) is 42.7. The molecule has 3 unspecified atom stereocenters. The second-order valence-corrected chi connectivity index (χ2v) is 10.1. The molecule has 0 radical (unpaired) electrons. The molecule has 1 aromatic carbocycles. The first-order valence-corrected chi connectivity index (χ1v) is 12.2. The van der Waals surface area contributed by atoms with Gasteiger partial charge in [0.25, 0.3) is 5.91 Å². The van der Waals surface area contributed by atoms with E-state index in [9.17, 15) is 24.6 Å². The molecule has 2 N–H and O–H groups in total. The highest BCUT2D eigenvalue weighted by molar-refractivity contribution is 9.09. The first-order chi connectivity index (χ1) is 16.2. The predicted molar refractivity (Wildman–Crippen MR) is 127 cm³/mol. The molecule has 1 aromatic rings. The number of carbonyl (C=O) groups is 3. The van der Waals surface area contributed by atoms with Gasteiger partial charge < -0.3 is 29.5 Å². The lowest BCUT2D eigenvalue weighted by molar-refractivity contribution is -0.150. The topological polar surface area (TPSA) is 117 Å². The molecular formula is C24H29BrN2O7. The fraction of sp³-hybridized carbons (Fsp3) is 0.542. The number of likely N-dealkylation sites (tertiary alicyclic amines) is 1. The van der Waals surface area contributed by atoms with Crippen molar-refractivity contribution in [2.45, 2.75) is 48.4 Å². The number of halogens is 1. The van der Waals surface area contributed by atoms with Crippen LogP contribution in [0.15, 0.2) is 36.9 Å². The Morgan fingerprint density at radius 3 is 2.62 bits per heavy atom. The normalized spacial score (nSPS) is 32.4. The number of fused-ring (bicyclic) bond motifs is 1. The molecule has 7 atom stereocenters. The Bertz CT molecular complexity index is 982. The zero-order chi connectivity index (χ0) is 24.8. The molecule has 3 aliphatic heterocycles. The molecular weight excluding hydrogens is 508 g/mol. The quantitative estimate of drug-likeness (QED) is 0.365. The van der Waals surface area contributed by atoms with Crippen molar-refractivity contribution in [2.24, 2.45) is 11.8 Å². The van der Waals surface area contributed by atoms with Crippen LogP contribution in [0.3, 0.4) is 0 Å². The lowest BCUT2D eigenvalue weighted by atomic mass is 9.70. The number of aliphatic hydroxyl groups is 1. The van der Waals surface area contributed by atoms with Crippen molar-refractivity contribution in [3.05, 3.63) is 36.9 Å². The van der Waals surface area contributed by atoms with Gasteiger partial charge >= 0.3 is 5.97 Å². The zero-order valence-corrected chi connectivity index (χ0v) is 20.7. The second kappa shape index (κ2) is 9.31. The SMILES string of the molecule is C=CCN(C(=O)C1N([C@@H](CC)CO)C(=O)[C@@H]2[C@@H](C(=O)O)[C@@H]3OC12CC3Br)c1ccc(OC)cc1. The minimum absolute atomic E-state index is 0.171. The summed E-state index contributed by atoms with van der Waals surface area (Å²) in [7, 11) is 1.55. The Balaban J connectivity index is 1.83. The van der Waals surface area contributed by atoms with Gasteiger partial charge in [-0.3, -0.25) is 14.4 Å². The van der Waals surface area contributed by atoms with Gasteiger partial charge in [-0.2, -0.15) is 0 Å². The van der Waals surface area contributed by atoms with E-state index >= 15 is 0 Å². The van der Waals surface area contributed by atoms with E-state index in [-0.39, 0.29) is 18.0 Å². The maximum atomic E-state index is 14.2. The van der Waals surface area contributed by atoms with Crippen molar-refractivity contribution in [1.82, 2.24) is 4.90 Å². The number of alkyl halides is 1. The summed E-state index contributed by atoms with van der Waals surface area (Å²) in [6, 6.07) is 5.20. The van der Waals surface area contributed by atoms with Crippen LogP contribution in [0.1, 0.15) is 19.8 Å². The van der Waals surface area contributed by atoms with Crippen molar-refractivity contribution >= 4 is 39.4 Å². The van der Waals surface area contributed by atoms with Gasteiger partial charge in [-0.1, -0.05) is 28.9 Å². The van der Waals surface area contributed by atoms with E-state index in [1.807, 2.05) is 6.92 Å². The first-order valence-electron chi connectivity index (χ1n) is 11.3. The Kier molecular flexibility index (Phi) is 6.76. The van der Waals surface area contributed by atoms with E-state index in [2.05, 4.69) is 22.5 Å². The van der Waals surface area contributed by atoms with E-state index in [1.54, 1.807) is 37.5 Å². The number of hydrogen-bond donors (Lipinski definition) is 2. The molecule has 3 aliphatic rings. The molecule has 34 heavy (non-hydrogen) atoms. The van der Waals surface area contributed by atoms with Crippen molar-refractivity contribution in [3.8, 4) is 5.75 Å². The molecule has 1 spiro atoms. The fourth-order valence-corrected chi connectivity index (χ4v) is 6.74. The first kappa shape index (κ1) is 24.7. The third-order valence-electron chi connectivity index (χ3n) is 7.28. The number of anilines is 1. The van der Waals surface area contributed by atoms with Gasteiger partial charge in [-0.25, -0.2) is 0 Å². The third-order valence-corrected chi connectivity index (χ3v) is 8.13. The predicted octanol–water partition coefficient (Wildman–Crippen LogP) is 1.82. The number of ether oxygens (including phenoxy) is 2. The molecule has 0 aromatic heterocycles. The number of rotatable bonds is 9. The summed E-state index contributed by atoms with van der Waals surface area (Å²) >= 11 is 3.53. The average molecular weight is 537 g/mol. The number of benzene rings is 1. The smallest absolute Gasteiger partial charge is 0.310 e. The van der Waals surface area contributed by atoms with Crippen LogP contribution in [0.25, 0.3) is 0 Å². The summed E-state index contributed by atoms with van der Waals surface area (Å²) < 4.78 is 11.5. The van der Waals surface area contributed by atoms with Crippen molar-refractivity contribution in [2.75, 3.05) is 25.2 Å². The molecule has 3 heterocycles. The fourth-order valence-electron chi connectivity index (χ4n) is 5.80. The highest BCUT2D eigenvalue weighted by Crippen LogP contribution is 2.60. The number of carboxylic acid groups (broad SMARTS) is 1. The van der Waals surface area contributed by atoms with Crippen molar-refractivity contribution in [1.29, 1.82) is 0 Å². The van der Waals surface area contributed by atoms with Gasteiger partial charge in [0, 0.05) is 17.1 Å². The van der Waals surface area contributed by atoms with Crippen LogP contribution in [0.2, 0.25) is 0 Å². The number of methoxy groups -OCH3 is 1. The van der Waals surface area contributed by atoms with E-state index in [4.69, 9.17) is 9.47 Å². The maximum Gasteiger partial charge on any atom is 0.310 e. The second-order valence-electron chi connectivity index (χ2n) is 8.93. The van der Waals surface area contributed by atoms with Crippen molar-refractivity contribution in [3.63, 3.8) is 0 Å². The Labute approximate surface area is 206 Å². The molecule has 3 saturated heterocycles. The molecule has 2 amide bonds. The number of carboxylic acids is 1. The molecule has 184 valence electrons. The summed E-state index contributed by atoms with van der Waals surface area (Å²) in [5.41, 5.74) is -0.724. The summed E-state index contributed by atoms with van der Waals surface area (Å²) in [6.07, 6.45) is 1.59. The minimum Gasteiger partial charge on any atom is -0.497 e. The number of hydrogen-bond acceptors (Lipinski definition) is 6. The van der Waals surface area contributed by atoms with Gasteiger partial charge in [0.2, 0.25) is 5.91 Å². The van der Waals surface area contributed by atoms with Gasteiger partial charge in [0.15, 0.2) is 0 Å². The standard InChI is InChI=1S/C24H29BrN2O7/c1-4-10-26(14-6-8-15(33-3)9-7-14)22(30)20-24-11-16(25)19(34-24)17(23(31)32)18(24)21(29)27(20)13(5-2)12-28/h4,6-9,13,16-20,28H,1,5,10-12H2,2-3H3,(H,31,32)/t13-,16?,17+,18-,19+,20?,24?/m0/s1. The molecule has 9 nitrogen and oxygen atoms in total. The molecule has 0 aliphatic carbocycles. The molecule has 4 rings (SSSR count). The largest absolute Gasteiger partial charge is 0.497 e. The minimum atomic E-state index is -1.30. The lowest BCUT2D eigenvalue weighted by Crippen LogP contribution is -2.59. The molecule has 10 heteroatoms. The molecule has 2 bridgehead atoms. The van der Waals surface area contributed by atoms with Gasteiger partial charge in [-0.05, 0) is 37.1 Å². The number of nitrogens with zero attached hydrogens (tertiary/aromatic N) is 2. The van der Waals surface area contributed by atoms with Crippen LogP contribution >= 0.6 is 15.9 Å². The maximum absolute atomic E-state index is 14.2. The van der Waals surface area contributed by atoms with Gasteiger partial charge in [-0.15, -0.1) is 6.58 Å². The molecule has 0 saturated carbocycles. The van der Waals surface area contributed by atoms with Crippen LogP contribution in [-0.2, 0) is 19.1 Å². The monoisotopic (exact) mass is 536 g/mol.